The number of anilines is 1. The maximum atomic E-state index is 14.5. The third-order valence-electron chi connectivity index (χ3n) is 5.62. The summed E-state index contributed by atoms with van der Waals surface area (Å²) in [6, 6.07) is 6.42. The van der Waals surface area contributed by atoms with Crippen molar-refractivity contribution in [2.75, 3.05) is 18.4 Å². The van der Waals surface area contributed by atoms with Gasteiger partial charge < -0.3 is 10.2 Å². The van der Waals surface area contributed by atoms with Gasteiger partial charge in [0.05, 0.1) is 30.0 Å². The molecular formula is C22H22Cl2F2N6O. The van der Waals surface area contributed by atoms with Gasteiger partial charge in [0.1, 0.15) is 0 Å². The van der Waals surface area contributed by atoms with E-state index in [0.717, 1.165) is 5.56 Å². The lowest BCUT2D eigenvalue weighted by molar-refractivity contribution is -0.0898. The first kappa shape index (κ1) is 23.4. The van der Waals surface area contributed by atoms with Crippen molar-refractivity contribution in [2.45, 2.75) is 25.3 Å². The molecule has 2 atom stereocenters. The van der Waals surface area contributed by atoms with Crippen LogP contribution in [-0.2, 0) is 7.05 Å². The Morgan fingerprint density at radius 3 is 2.52 bits per heavy atom. The van der Waals surface area contributed by atoms with Gasteiger partial charge in [-0.1, -0.05) is 42.3 Å². The maximum absolute atomic E-state index is 14.5. The van der Waals surface area contributed by atoms with Gasteiger partial charge in [-0.3, -0.25) is 9.48 Å². The van der Waals surface area contributed by atoms with E-state index in [-0.39, 0.29) is 18.7 Å². The lowest BCUT2D eigenvalue weighted by Crippen LogP contribution is -2.57. The Balaban J connectivity index is 1.64. The number of aromatic nitrogens is 4. The fourth-order valence-corrected chi connectivity index (χ4v) is 4.33. The molecule has 1 amide bonds. The van der Waals surface area contributed by atoms with Crippen LogP contribution in [0, 0.1) is 5.92 Å². The van der Waals surface area contributed by atoms with Gasteiger partial charge in [-0.05, 0) is 23.6 Å². The molecule has 4 rings (SSSR count). The standard InChI is InChI=1S/C22H22Cl2F2N6O/c1-13-7-22(25,26)12-32(18(13)10-29-21-27-8-16(24)9-28-21)20(33)19-17(11-31(2)30-19)14-3-5-15(23)6-4-14/h3-6,8-9,11,13,18H,7,10,12H2,1-2H3,(H,27,28,29). The van der Waals surface area contributed by atoms with Gasteiger partial charge in [0.25, 0.3) is 11.8 Å². The molecule has 3 heterocycles. The lowest BCUT2D eigenvalue weighted by atomic mass is 9.88. The van der Waals surface area contributed by atoms with Gasteiger partial charge in [0, 0.05) is 36.8 Å². The van der Waals surface area contributed by atoms with Crippen molar-refractivity contribution >= 4 is 35.1 Å². The Morgan fingerprint density at radius 1 is 1.18 bits per heavy atom. The van der Waals surface area contributed by atoms with E-state index in [1.54, 1.807) is 44.4 Å². The molecule has 1 aliphatic heterocycles. The normalized spacial score (nSPS) is 20.0. The van der Waals surface area contributed by atoms with Crippen molar-refractivity contribution < 1.29 is 13.6 Å². The molecule has 33 heavy (non-hydrogen) atoms. The van der Waals surface area contributed by atoms with Crippen molar-refractivity contribution in [3.63, 3.8) is 0 Å². The van der Waals surface area contributed by atoms with Gasteiger partial charge in [0.2, 0.25) is 5.95 Å². The molecule has 1 N–H and O–H groups in total. The molecule has 1 saturated heterocycles. The molecule has 0 radical (unpaired) electrons. The Bertz CT molecular complexity index is 1140. The molecule has 2 aromatic heterocycles. The number of alkyl halides is 2. The number of aryl methyl sites for hydroxylation is 1. The Hall–Kier alpha value is -2.78. The number of hydrogen-bond donors (Lipinski definition) is 1. The van der Waals surface area contributed by atoms with Gasteiger partial charge in [-0.2, -0.15) is 5.10 Å². The molecule has 1 aliphatic rings. The van der Waals surface area contributed by atoms with Crippen LogP contribution in [0.25, 0.3) is 11.1 Å². The van der Waals surface area contributed by atoms with Gasteiger partial charge >= 0.3 is 0 Å². The van der Waals surface area contributed by atoms with E-state index in [9.17, 15) is 13.6 Å². The van der Waals surface area contributed by atoms with Crippen molar-refractivity contribution in [2.24, 2.45) is 13.0 Å². The van der Waals surface area contributed by atoms with E-state index in [2.05, 4.69) is 20.4 Å². The summed E-state index contributed by atoms with van der Waals surface area (Å²) in [6.45, 7) is 1.22. The highest BCUT2D eigenvalue weighted by Crippen LogP contribution is 2.36. The van der Waals surface area contributed by atoms with Crippen molar-refractivity contribution in [1.82, 2.24) is 24.6 Å². The average molecular weight is 495 g/mol. The Kier molecular flexibility index (Phi) is 6.54. The van der Waals surface area contributed by atoms with Gasteiger partial charge in [-0.25, -0.2) is 18.7 Å². The summed E-state index contributed by atoms with van der Waals surface area (Å²) in [5.74, 6) is -3.73. The van der Waals surface area contributed by atoms with Crippen LogP contribution in [0.2, 0.25) is 10.0 Å². The first-order valence-electron chi connectivity index (χ1n) is 10.3. The van der Waals surface area contributed by atoms with Crippen LogP contribution in [0.3, 0.4) is 0 Å². The minimum atomic E-state index is -3.00. The third-order valence-corrected chi connectivity index (χ3v) is 6.06. The summed E-state index contributed by atoms with van der Waals surface area (Å²) >= 11 is 11.8. The highest BCUT2D eigenvalue weighted by atomic mass is 35.5. The Labute approximate surface area is 199 Å². The number of carbonyl (C=O) groups excluding carboxylic acids is 1. The van der Waals surface area contributed by atoms with Crippen LogP contribution >= 0.6 is 23.2 Å². The zero-order valence-corrected chi connectivity index (χ0v) is 19.5. The second kappa shape index (κ2) is 9.23. The van der Waals surface area contributed by atoms with E-state index < -0.39 is 30.3 Å². The molecule has 11 heteroatoms. The second-order valence-corrected chi connectivity index (χ2v) is 9.09. The summed E-state index contributed by atoms with van der Waals surface area (Å²) in [7, 11) is 1.68. The summed E-state index contributed by atoms with van der Waals surface area (Å²) in [5, 5.41) is 8.27. The number of likely N-dealkylation sites (tertiary alicyclic amines) is 1. The summed E-state index contributed by atoms with van der Waals surface area (Å²) in [5.41, 5.74) is 1.38. The van der Waals surface area contributed by atoms with Crippen molar-refractivity contribution in [3.05, 3.63) is 58.6 Å². The van der Waals surface area contributed by atoms with Crippen molar-refractivity contribution in [3.8, 4) is 11.1 Å². The molecule has 2 unspecified atom stereocenters. The number of amides is 1. The van der Waals surface area contributed by atoms with E-state index in [0.29, 0.717) is 21.6 Å². The van der Waals surface area contributed by atoms with Crippen LogP contribution < -0.4 is 5.32 Å². The Morgan fingerprint density at radius 2 is 1.85 bits per heavy atom. The fraction of sp³-hybridized carbons (Fsp3) is 0.364. The van der Waals surface area contributed by atoms with Gasteiger partial charge in [-0.15, -0.1) is 0 Å². The lowest BCUT2D eigenvalue weighted by Gasteiger charge is -2.43. The summed E-state index contributed by atoms with van der Waals surface area (Å²) in [6.07, 6.45) is 4.24. The van der Waals surface area contributed by atoms with Crippen LogP contribution in [0.4, 0.5) is 14.7 Å². The molecule has 174 valence electrons. The minimum absolute atomic E-state index is 0.109. The van der Waals surface area contributed by atoms with E-state index >= 15 is 0 Å². The highest BCUT2D eigenvalue weighted by Gasteiger charge is 2.46. The molecule has 0 spiro atoms. The van der Waals surface area contributed by atoms with Crippen LogP contribution in [0.5, 0.6) is 0 Å². The van der Waals surface area contributed by atoms with Crippen LogP contribution in [-0.4, -0.2) is 55.6 Å². The molecule has 0 saturated carbocycles. The summed E-state index contributed by atoms with van der Waals surface area (Å²) < 4.78 is 30.6. The first-order chi connectivity index (χ1) is 15.6. The predicted molar refractivity (Wildman–Crippen MR) is 123 cm³/mol. The zero-order chi connectivity index (χ0) is 23.8. The van der Waals surface area contributed by atoms with Crippen LogP contribution in [0.15, 0.2) is 42.9 Å². The molecule has 0 aliphatic carbocycles. The molecule has 1 aromatic carbocycles. The number of piperidine rings is 1. The highest BCUT2D eigenvalue weighted by molar-refractivity contribution is 6.30. The number of rotatable bonds is 5. The number of nitrogens with one attached hydrogen (secondary N) is 1. The maximum Gasteiger partial charge on any atom is 0.275 e. The number of benzene rings is 1. The molecule has 3 aromatic rings. The topological polar surface area (TPSA) is 75.9 Å². The smallest absolute Gasteiger partial charge is 0.275 e. The second-order valence-electron chi connectivity index (χ2n) is 8.22. The average Bonchev–Trinajstić information content (AvgIpc) is 3.15. The van der Waals surface area contributed by atoms with Gasteiger partial charge in [0.15, 0.2) is 5.69 Å². The number of hydrogen-bond acceptors (Lipinski definition) is 5. The third kappa shape index (κ3) is 5.25. The molecule has 0 bridgehead atoms. The monoisotopic (exact) mass is 494 g/mol. The quantitative estimate of drug-likeness (QED) is 0.552. The SMILES string of the molecule is CC1CC(F)(F)CN(C(=O)c2nn(C)cc2-c2ccc(Cl)cc2)C1CNc1ncc(Cl)cn1. The number of carbonyl (C=O) groups is 1. The molecule has 7 nitrogen and oxygen atoms in total. The number of nitrogens with zero attached hydrogens (tertiary/aromatic N) is 5. The summed E-state index contributed by atoms with van der Waals surface area (Å²) in [4.78, 5) is 22.9. The number of halogens is 4. The molecule has 1 fully saturated rings. The van der Waals surface area contributed by atoms with E-state index in [1.165, 1.54) is 22.0 Å². The first-order valence-corrected chi connectivity index (χ1v) is 11.1. The van der Waals surface area contributed by atoms with E-state index in [4.69, 9.17) is 23.2 Å². The predicted octanol–water partition coefficient (Wildman–Crippen LogP) is 4.78. The minimum Gasteiger partial charge on any atom is -0.352 e. The van der Waals surface area contributed by atoms with Crippen molar-refractivity contribution in [1.29, 1.82) is 0 Å². The molecular weight excluding hydrogens is 473 g/mol. The van der Waals surface area contributed by atoms with Crippen LogP contribution in [0.1, 0.15) is 23.8 Å². The van der Waals surface area contributed by atoms with E-state index in [1.807, 2.05) is 0 Å². The largest absolute Gasteiger partial charge is 0.352 e. The fourth-order valence-electron chi connectivity index (χ4n) is 4.10. The zero-order valence-electron chi connectivity index (χ0n) is 18.0.